The Morgan fingerprint density at radius 1 is 1.19 bits per heavy atom. The monoisotopic (exact) mass is 354 g/mol. The number of aromatic nitrogens is 3. The van der Waals surface area contributed by atoms with Gasteiger partial charge in [-0.1, -0.05) is 6.07 Å². The molecule has 0 aliphatic heterocycles. The second-order valence-corrected chi connectivity index (χ2v) is 5.55. The fourth-order valence-electron chi connectivity index (χ4n) is 2.81. The molecule has 0 amide bonds. The highest BCUT2D eigenvalue weighted by Gasteiger charge is 2.27. The zero-order chi connectivity index (χ0) is 19.0. The Hall–Kier alpha value is -3.88. The maximum atomic E-state index is 12.1. The Morgan fingerprint density at radius 2 is 1.88 bits per heavy atom. The standard InChI is InChI=1S/C17H14N4O5/c1-8-7-9(21-6-2-5-19-21)3-4-10(8)11-12(16(23)24)14(18)20-15(22)13(11)17(25)26/h2-7H,1H3,(H,23,24)(H,25,26)(H3,18,20,22). The first-order chi connectivity index (χ1) is 12.3. The van der Waals surface area contributed by atoms with E-state index in [1.165, 1.54) is 0 Å². The van der Waals surface area contributed by atoms with Crippen LogP contribution in [-0.2, 0) is 0 Å². The van der Waals surface area contributed by atoms with Crippen LogP contribution in [0.5, 0.6) is 0 Å². The Kier molecular flexibility index (Phi) is 4.05. The van der Waals surface area contributed by atoms with Crippen LogP contribution in [0, 0.1) is 6.92 Å². The molecule has 0 atom stereocenters. The molecule has 0 aliphatic carbocycles. The summed E-state index contributed by atoms with van der Waals surface area (Å²) in [6.45, 7) is 1.68. The van der Waals surface area contributed by atoms with E-state index in [9.17, 15) is 24.6 Å². The van der Waals surface area contributed by atoms with Crippen LogP contribution in [0.15, 0.2) is 41.5 Å². The Morgan fingerprint density at radius 3 is 2.42 bits per heavy atom. The minimum absolute atomic E-state index is 0.226. The average Bonchev–Trinajstić information content (AvgIpc) is 3.07. The van der Waals surface area contributed by atoms with Gasteiger partial charge in [0.05, 0.1) is 5.69 Å². The highest BCUT2D eigenvalue weighted by Crippen LogP contribution is 2.32. The van der Waals surface area contributed by atoms with Crippen molar-refractivity contribution in [3.8, 4) is 16.8 Å². The van der Waals surface area contributed by atoms with Gasteiger partial charge in [-0.05, 0) is 36.2 Å². The van der Waals surface area contributed by atoms with E-state index in [1.807, 2.05) is 0 Å². The third-order valence-electron chi connectivity index (χ3n) is 3.92. The van der Waals surface area contributed by atoms with Crippen LogP contribution in [0.4, 0.5) is 5.82 Å². The van der Waals surface area contributed by atoms with E-state index >= 15 is 0 Å². The van der Waals surface area contributed by atoms with Gasteiger partial charge in [-0.25, -0.2) is 14.3 Å². The van der Waals surface area contributed by atoms with Gasteiger partial charge in [-0.3, -0.25) is 4.79 Å². The number of nitrogens with one attached hydrogen (secondary N) is 1. The molecule has 2 heterocycles. The molecule has 0 spiro atoms. The molecular weight excluding hydrogens is 340 g/mol. The lowest BCUT2D eigenvalue weighted by Gasteiger charge is -2.15. The van der Waals surface area contributed by atoms with Crippen LogP contribution in [0.3, 0.4) is 0 Å². The number of rotatable bonds is 4. The number of nitrogens with two attached hydrogens (primary N) is 1. The van der Waals surface area contributed by atoms with E-state index in [0.29, 0.717) is 11.3 Å². The van der Waals surface area contributed by atoms with Crippen molar-refractivity contribution in [1.82, 2.24) is 14.8 Å². The fourth-order valence-corrected chi connectivity index (χ4v) is 2.81. The number of hydrogen-bond donors (Lipinski definition) is 4. The summed E-state index contributed by atoms with van der Waals surface area (Å²) in [5.74, 6) is -3.39. The summed E-state index contributed by atoms with van der Waals surface area (Å²) < 4.78 is 1.60. The van der Waals surface area contributed by atoms with Crippen molar-refractivity contribution < 1.29 is 19.8 Å². The summed E-state index contributed by atoms with van der Waals surface area (Å²) in [4.78, 5) is 37.4. The predicted molar refractivity (Wildman–Crippen MR) is 92.7 cm³/mol. The molecule has 26 heavy (non-hydrogen) atoms. The van der Waals surface area contributed by atoms with Crippen molar-refractivity contribution in [2.45, 2.75) is 6.92 Å². The van der Waals surface area contributed by atoms with Gasteiger partial charge in [-0.15, -0.1) is 0 Å². The molecule has 0 fully saturated rings. The molecule has 1 aromatic carbocycles. The van der Waals surface area contributed by atoms with Gasteiger partial charge in [0.2, 0.25) is 0 Å². The van der Waals surface area contributed by atoms with Crippen LogP contribution in [0.1, 0.15) is 26.3 Å². The quantitative estimate of drug-likeness (QED) is 0.554. The lowest BCUT2D eigenvalue weighted by Crippen LogP contribution is -2.24. The number of benzene rings is 1. The molecule has 0 bridgehead atoms. The molecule has 2 aromatic heterocycles. The highest BCUT2D eigenvalue weighted by molar-refractivity contribution is 6.07. The molecular formula is C17H14N4O5. The number of nitrogens with zero attached hydrogens (tertiary/aromatic N) is 2. The lowest BCUT2D eigenvalue weighted by molar-refractivity contribution is 0.0695. The molecule has 9 nitrogen and oxygen atoms in total. The van der Waals surface area contributed by atoms with E-state index in [0.717, 1.165) is 0 Å². The van der Waals surface area contributed by atoms with Crippen LogP contribution >= 0.6 is 0 Å². The highest BCUT2D eigenvalue weighted by atomic mass is 16.4. The number of carboxylic acid groups (broad SMARTS) is 2. The molecule has 3 rings (SSSR count). The summed E-state index contributed by atoms with van der Waals surface area (Å²) in [6.07, 6.45) is 3.33. The zero-order valence-electron chi connectivity index (χ0n) is 13.6. The number of aromatic amines is 1. The largest absolute Gasteiger partial charge is 0.478 e. The van der Waals surface area contributed by atoms with Crippen LogP contribution < -0.4 is 11.3 Å². The summed E-state index contributed by atoms with van der Waals surface area (Å²) >= 11 is 0. The van der Waals surface area contributed by atoms with Crippen molar-refractivity contribution in [2.75, 3.05) is 5.73 Å². The van der Waals surface area contributed by atoms with Gasteiger partial charge in [-0.2, -0.15) is 5.10 Å². The predicted octanol–water partition coefficient (Wildman–Crippen LogP) is 1.51. The van der Waals surface area contributed by atoms with Crippen molar-refractivity contribution >= 4 is 17.8 Å². The Balaban J connectivity index is 2.34. The maximum Gasteiger partial charge on any atom is 0.342 e. The summed E-state index contributed by atoms with van der Waals surface area (Å²) in [6, 6.07) is 6.63. The van der Waals surface area contributed by atoms with Gasteiger partial charge in [0.25, 0.3) is 5.56 Å². The van der Waals surface area contributed by atoms with Gasteiger partial charge >= 0.3 is 11.9 Å². The molecule has 0 unspecified atom stereocenters. The second kappa shape index (κ2) is 6.20. The van der Waals surface area contributed by atoms with Gasteiger partial charge in [0.15, 0.2) is 0 Å². The van der Waals surface area contributed by atoms with E-state index in [1.54, 1.807) is 48.3 Å². The number of aryl methyl sites for hydroxylation is 1. The average molecular weight is 354 g/mol. The van der Waals surface area contributed by atoms with Crippen molar-refractivity contribution in [2.24, 2.45) is 0 Å². The van der Waals surface area contributed by atoms with Crippen molar-refractivity contribution in [3.63, 3.8) is 0 Å². The molecule has 0 aliphatic rings. The second-order valence-electron chi connectivity index (χ2n) is 5.55. The fraction of sp³-hybridized carbons (Fsp3) is 0.0588. The summed E-state index contributed by atoms with van der Waals surface area (Å²) in [5, 5.41) is 23.0. The SMILES string of the molecule is Cc1cc(-n2cccn2)ccc1-c1c(C(=O)O)c(N)[nH]c(=O)c1C(=O)O. The topological polar surface area (TPSA) is 151 Å². The Labute approximate surface area is 146 Å². The molecule has 0 saturated carbocycles. The number of hydrogen-bond acceptors (Lipinski definition) is 5. The third kappa shape index (κ3) is 2.71. The summed E-state index contributed by atoms with van der Waals surface area (Å²) in [5.41, 5.74) is 4.86. The number of aromatic carboxylic acids is 2. The van der Waals surface area contributed by atoms with E-state index in [-0.39, 0.29) is 11.1 Å². The number of carboxylic acids is 2. The molecule has 0 radical (unpaired) electrons. The normalized spacial score (nSPS) is 10.7. The smallest absolute Gasteiger partial charge is 0.342 e. The van der Waals surface area contributed by atoms with E-state index in [4.69, 9.17) is 5.73 Å². The van der Waals surface area contributed by atoms with Crippen LogP contribution in [0.25, 0.3) is 16.8 Å². The van der Waals surface area contributed by atoms with Crippen LogP contribution in [-0.4, -0.2) is 36.9 Å². The molecule has 3 aromatic rings. The summed E-state index contributed by atoms with van der Waals surface area (Å²) in [7, 11) is 0. The third-order valence-corrected chi connectivity index (χ3v) is 3.92. The minimum Gasteiger partial charge on any atom is -0.478 e. The number of anilines is 1. The number of pyridine rings is 1. The zero-order valence-corrected chi connectivity index (χ0v) is 13.6. The van der Waals surface area contributed by atoms with Crippen molar-refractivity contribution in [3.05, 3.63) is 63.7 Å². The maximum absolute atomic E-state index is 12.1. The minimum atomic E-state index is -1.54. The van der Waals surface area contributed by atoms with E-state index < -0.39 is 34.4 Å². The van der Waals surface area contributed by atoms with Crippen LogP contribution in [0.2, 0.25) is 0 Å². The first-order valence-corrected chi connectivity index (χ1v) is 7.44. The van der Waals surface area contributed by atoms with Gasteiger partial charge in [0.1, 0.15) is 16.9 Å². The lowest BCUT2D eigenvalue weighted by atomic mass is 9.92. The van der Waals surface area contributed by atoms with Gasteiger partial charge < -0.3 is 20.9 Å². The van der Waals surface area contributed by atoms with E-state index in [2.05, 4.69) is 10.1 Å². The Bertz CT molecular complexity index is 1080. The molecule has 0 saturated heterocycles. The molecule has 132 valence electrons. The molecule has 5 N–H and O–H groups in total. The van der Waals surface area contributed by atoms with Gasteiger partial charge in [0, 0.05) is 18.0 Å². The molecule has 9 heteroatoms. The number of carbonyl (C=O) groups is 2. The first-order valence-electron chi connectivity index (χ1n) is 7.44. The first kappa shape index (κ1) is 17.0. The number of nitrogen functional groups attached to an aromatic ring is 1. The van der Waals surface area contributed by atoms with Crippen molar-refractivity contribution in [1.29, 1.82) is 0 Å². The number of H-pyrrole nitrogens is 1.